The maximum absolute atomic E-state index is 13.2. The molecule has 6 nitrogen and oxygen atoms in total. The molecule has 0 unspecified atom stereocenters. The van der Waals surface area contributed by atoms with Crippen LogP contribution in [-0.2, 0) is 11.3 Å². The maximum atomic E-state index is 13.2. The van der Waals surface area contributed by atoms with Crippen LogP contribution in [-0.4, -0.2) is 21.2 Å². The summed E-state index contributed by atoms with van der Waals surface area (Å²) in [5.41, 5.74) is 4.55. The van der Waals surface area contributed by atoms with E-state index in [1.807, 2.05) is 48.5 Å². The Balaban J connectivity index is 1.55. The van der Waals surface area contributed by atoms with Crippen molar-refractivity contribution in [1.29, 1.82) is 0 Å². The number of ether oxygens (including phenoxy) is 1. The summed E-state index contributed by atoms with van der Waals surface area (Å²) in [6, 6.07) is 22.3. The number of carbonyl (C=O) groups excluding carboxylic acids is 1. The molecule has 2 heterocycles. The van der Waals surface area contributed by atoms with Gasteiger partial charge in [0.05, 0.1) is 10.9 Å². The molecule has 0 fully saturated rings. The number of hydrogen-bond acceptors (Lipinski definition) is 6. The number of benzene rings is 3. The van der Waals surface area contributed by atoms with E-state index in [0.717, 1.165) is 33.4 Å². The third kappa shape index (κ3) is 3.95. The summed E-state index contributed by atoms with van der Waals surface area (Å²) in [7, 11) is 0. The Morgan fingerprint density at radius 2 is 1.88 bits per heavy atom. The molecule has 8 heteroatoms. The molecule has 0 aliphatic carbocycles. The first-order chi connectivity index (χ1) is 15.7. The van der Waals surface area contributed by atoms with Gasteiger partial charge < -0.3 is 10.1 Å². The number of nitrogens with zero attached hydrogens (tertiary/aromatic N) is 3. The van der Waals surface area contributed by atoms with Gasteiger partial charge in [-0.05, 0) is 35.9 Å². The van der Waals surface area contributed by atoms with Gasteiger partial charge in [0, 0.05) is 23.2 Å². The number of anilines is 1. The van der Waals surface area contributed by atoms with Crippen LogP contribution in [0.4, 0.5) is 10.1 Å². The smallest absolute Gasteiger partial charge is 0.299 e. The molecule has 0 saturated carbocycles. The van der Waals surface area contributed by atoms with Crippen LogP contribution in [0.2, 0.25) is 0 Å². The number of fused-ring (bicyclic) bond motifs is 1. The molecule has 5 rings (SSSR count). The molecule has 0 spiro atoms. The van der Waals surface area contributed by atoms with Crippen LogP contribution in [0.25, 0.3) is 27.3 Å². The zero-order valence-electron chi connectivity index (χ0n) is 16.7. The Bertz CT molecular complexity index is 1380. The summed E-state index contributed by atoms with van der Waals surface area (Å²) in [6.45, 7) is 0.910. The fourth-order valence-electron chi connectivity index (χ4n) is 3.44. The SMILES string of the molecule is O=COc1csc(-n2nc(-c3ccccc3)c3ccc(NCc4ccc(F)cc4)cc32)n1. The molecular formula is C24H17FN4O2S. The van der Waals surface area contributed by atoms with Crippen LogP contribution in [0.3, 0.4) is 0 Å². The topological polar surface area (TPSA) is 69.0 Å². The third-order valence-electron chi connectivity index (χ3n) is 4.96. The summed E-state index contributed by atoms with van der Waals surface area (Å²) in [5.74, 6) is -0.0237. The fraction of sp³-hybridized carbons (Fsp3) is 0.0417. The third-order valence-corrected chi connectivity index (χ3v) is 5.75. The van der Waals surface area contributed by atoms with E-state index in [0.29, 0.717) is 18.1 Å². The number of rotatable bonds is 7. The molecule has 0 aliphatic heterocycles. The quantitative estimate of drug-likeness (QED) is 0.339. The lowest BCUT2D eigenvalue weighted by molar-refractivity contribution is -0.120. The Kier molecular flexibility index (Phi) is 5.35. The summed E-state index contributed by atoms with van der Waals surface area (Å²) in [4.78, 5) is 15.0. The first-order valence-electron chi connectivity index (χ1n) is 9.84. The minimum atomic E-state index is -0.256. The minimum Gasteiger partial charge on any atom is -0.409 e. The van der Waals surface area contributed by atoms with Crippen LogP contribution in [0.5, 0.6) is 5.88 Å². The van der Waals surface area contributed by atoms with E-state index in [1.54, 1.807) is 22.2 Å². The number of aromatic nitrogens is 3. The molecular weight excluding hydrogens is 427 g/mol. The second-order valence-electron chi connectivity index (χ2n) is 7.02. The summed E-state index contributed by atoms with van der Waals surface area (Å²) in [5, 5.41) is 11.4. The largest absolute Gasteiger partial charge is 0.409 e. The normalized spacial score (nSPS) is 10.9. The molecule has 32 heavy (non-hydrogen) atoms. The average Bonchev–Trinajstić information content (AvgIpc) is 3.44. The summed E-state index contributed by atoms with van der Waals surface area (Å²) >= 11 is 1.33. The highest BCUT2D eigenvalue weighted by molar-refractivity contribution is 7.12. The average molecular weight is 444 g/mol. The fourth-order valence-corrected chi connectivity index (χ4v) is 4.13. The number of hydrogen-bond donors (Lipinski definition) is 1. The molecule has 0 amide bonds. The number of carbonyl (C=O) groups is 1. The number of nitrogens with one attached hydrogen (secondary N) is 1. The van der Waals surface area contributed by atoms with E-state index < -0.39 is 0 Å². The molecule has 0 aliphatic rings. The van der Waals surface area contributed by atoms with Gasteiger partial charge in [-0.1, -0.05) is 53.8 Å². The molecule has 0 saturated heterocycles. The van der Waals surface area contributed by atoms with Crippen LogP contribution in [0.15, 0.2) is 78.2 Å². The second-order valence-corrected chi connectivity index (χ2v) is 7.86. The van der Waals surface area contributed by atoms with Crippen LogP contribution in [0.1, 0.15) is 5.56 Å². The van der Waals surface area contributed by atoms with Crippen molar-refractivity contribution < 1.29 is 13.9 Å². The molecule has 2 aromatic heterocycles. The minimum absolute atomic E-state index is 0.232. The van der Waals surface area contributed by atoms with E-state index in [2.05, 4.69) is 10.3 Å². The van der Waals surface area contributed by atoms with Gasteiger partial charge in [-0.25, -0.2) is 9.07 Å². The molecule has 5 aromatic rings. The number of thiazole rings is 1. The highest BCUT2D eigenvalue weighted by Gasteiger charge is 2.16. The molecule has 1 N–H and O–H groups in total. The monoisotopic (exact) mass is 444 g/mol. The van der Waals surface area contributed by atoms with Crippen molar-refractivity contribution in [2.75, 3.05) is 5.32 Å². The van der Waals surface area contributed by atoms with Gasteiger partial charge in [-0.3, -0.25) is 4.79 Å². The highest BCUT2D eigenvalue weighted by Crippen LogP contribution is 2.33. The van der Waals surface area contributed by atoms with E-state index in [9.17, 15) is 9.18 Å². The van der Waals surface area contributed by atoms with Gasteiger partial charge in [0.1, 0.15) is 11.5 Å². The van der Waals surface area contributed by atoms with Crippen molar-refractivity contribution >= 4 is 34.4 Å². The maximum Gasteiger partial charge on any atom is 0.299 e. The Hall–Kier alpha value is -4.04. The second kappa shape index (κ2) is 8.60. The van der Waals surface area contributed by atoms with Crippen LogP contribution in [0, 0.1) is 5.82 Å². The Labute approximate surface area is 186 Å². The molecule has 3 aromatic carbocycles. The Morgan fingerprint density at radius 3 is 2.66 bits per heavy atom. The number of halogens is 1. The van der Waals surface area contributed by atoms with Crippen LogP contribution >= 0.6 is 11.3 Å². The molecule has 0 radical (unpaired) electrons. The van der Waals surface area contributed by atoms with E-state index in [1.165, 1.54) is 23.5 Å². The van der Waals surface area contributed by atoms with Gasteiger partial charge in [0.15, 0.2) is 0 Å². The van der Waals surface area contributed by atoms with Crippen molar-refractivity contribution in [1.82, 2.24) is 14.8 Å². The van der Waals surface area contributed by atoms with Crippen molar-refractivity contribution in [3.63, 3.8) is 0 Å². The predicted octanol–water partition coefficient (Wildman–Crippen LogP) is 5.44. The standard InChI is InChI=1S/C24H17FN4O2S/c25-18-8-6-16(7-9-18)13-26-19-10-11-20-21(12-19)29(24-27-22(14-32-24)31-15-30)28-23(20)17-4-2-1-3-5-17/h1-12,14-15,26H,13H2. The Morgan fingerprint density at radius 1 is 1.06 bits per heavy atom. The highest BCUT2D eigenvalue weighted by atomic mass is 32.1. The summed E-state index contributed by atoms with van der Waals surface area (Å²) in [6.07, 6.45) is 0. The van der Waals surface area contributed by atoms with E-state index in [-0.39, 0.29) is 11.7 Å². The lowest BCUT2D eigenvalue weighted by atomic mass is 10.1. The van der Waals surface area contributed by atoms with Gasteiger partial charge in [0.2, 0.25) is 11.0 Å². The van der Waals surface area contributed by atoms with Crippen molar-refractivity contribution in [2.24, 2.45) is 0 Å². The molecule has 0 atom stereocenters. The summed E-state index contributed by atoms with van der Waals surface area (Å²) < 4.78 is 19.8. The van der Waals surface area contributed by atoms with Crippen LogP contribution < -0.4 is 10.1 Å². The van der Waals surface area contributed by atoms with Gasteiger partial charge >= 0.3 is 0 Å². The zero-order valence-corrected chi connectivity index (χ0v) is 17.6. The van der Waals surface area contributed by atoms with E-state index in [4.69, 9.17) is 9.84 Å². The van der Waals surface area contributed by atoms with Gasteiger partial charge in [-0.2, -0.15) is 10.1 Å². The van der Waals surface area contributed by atoms with Gasteiger partial charge in [-0.15, -0.1) is 0 Å². The van der Waals surface area contributed by atoms with Gasteiger partial charge in [0.25, 0.3) is 6.47 Å². The first-order valence-corrected chi connectivity index (χ1v) is 10.7. The zero-order chi connectivity index (χ0) is 21.9. The first kappa shape index (κ1) is 19.9. The molecule has 158 valence electrons. The van der Waals surface area contributed by atoms with E-state index >= 15 is 0 Å². The van der Waals surface area contributed by atoms with Crippen molar-refractivity contribution in [3.8, 4) is 22.3 Å². The lowest BCUT2D eigenvalue weighted by Crippen LogP contribution is -2.00. The predicted molar refractivity (Wildman–Crippen MR) is 123 cm³/mol. The lowest BCUT2D eigenvalue weighted by Gasteiger charge is -2.07. The van der Waals surface area contributed by atoms with Crippen molar-refractivity contribution in [2.45, 2.75) is 6.54 Å². The molecule has 0 bridgehead atoms. The van der Waals surface area contributed by atoms with Crippen molar-refractivity contribution in [3.05, 3.63) is 89.6 Å².